The third-order valence-corrected chi connectivity index (χ3v) is 4.36. The van der Waals surface area contributed by atoms with E-state index in [2.05, 4.69) is 0 Å². The van der Waals surface area contributed by atoms with Crippen molar-refractivity contribution >= 4 is 11.9 Å². The van der Waals surface area contributed by atoms with Gasteiger partial charge < -0.3 is 19.7 Å². The molecule has 1 aromatic rings. The Hall–Kier alpha value is -2.24. The van der Waals surface area contributed by atoms with Crippen LogP contribution >= 0.6 is 0 Å². The third-order valence-electron chi connectivity index (χ3n) is 4.36. The highest BCUT2D eigenvalue weighted by atomic mass is 16.5. The topological polar surface area (TPSA) is 93.1 Å². The Bertz CT molecular complexity index is 587. The van der Waals surface area contributed by atoms with Gasteiger partial charge in [-0.3, -0.25) is 4.79 Å². The minimum absolute atomic E-state index is 0.00107. The van der Waals surface area contributed by atoms with Crippen LogP contribution in [0.2, 0.25) is 0 Å². The second kappa shape index (κ2) is 6.25. The Morgan fingerprint density at radius 2 is 1.68 bits per heavy atom. The maximum absolute atomic E-state index is 12.0. The minimum atomic E-state index is -1.13. The van der Waals surface area contributed by atoms with Crippen LogP contribution < -0.4 is 9.47 Å². The van der Waals surface area contributed by atoms with E-state index in [-0.39, 0.29) is 11.3 Å². The summed E-state index contributed by atoms with van der Waals surface area (Å²) in [5.74, 6) is -1.53. The molecule has 0 unspecified atom stereocenters. The van der Waals surface area contributed by atoms with Gasteiger partial charge >= 0.3 is 11.9 Å². The van der Waals surface area contributed by atoms with Gasteiger partial charge in [-0.15, -0.1) is 0 Å². The number of methoxy groups -OCH3 is 2. The standard InChI is InChI=1S/C16H20O6/c1-21-12-9-10(14(17)18)8-11(13(12)22-2)16(15(19)20)6-4-3-5-7-16/h8-9H,3-7H2,1-2H3,(H,17,18)(H,19,20). The van der Waals surface area contributed by atoms with E-state index in [1.165, 1.54) is 26.4 Å². The molecule has 6 heteroatoms. The molecule has 0 aromatic heterocycles. The van der Waals surface area contributed by atoms with Crippen molar-refractivity contribution in [3.63, 3.8) is 0 Å². The quantitative estimate of drug-likeness (QED) is 0.868. The summed E-state index contributed by atoms with van der Waals surface area (Å²) in [6, 6.07) is 2.76. The van der Waals surface area contributed by atoms with Gasteiger partial charge in [0.05, 0.1) is 25.2 Å². The van der Waals surface area contributed by atoms with Gasteiger partial charge in [-0.25, -0.2) is 4.79 Å². The lowest BCUT2D eigenvalue weighted by atomic mass is 9.68. The zero-order valence-electron chi connectivity index (χ0n) is 12.7. The van der Waals surface area contributed by atoms with Crippen LogP contribution in [0.3, 0.4) is 0 Å². The molecule has 2 rings (SSSR count). The third kappa shape index (κ3) is 2.61. The first-order chi connectivity index (χ1) is 10.5. The molecule has 0 spiro atoms. The Balaban J connectivity index is 2.71. The zero-order valence-corrected chi connectivity index (χ0v) is 12.7. The fraction of sp³-hybridized carbons (Fsp3) is 0.500. The van der Waals surface area contributed by atoms with Gasteiger partial charge in [0.25, 0.3) is 0 Å². The molecule has 0 bridgehead atoms. The van der Waals surface area contributed by atoms with Crippen molar-refractivity contribution in [1.82, 2.24) is 0 Å². The van der Waals surface area contributed by atoms with E-state index < -0.39 is 17.4 Å². The number of ether oxygens (including phenoxy) is 2. The summed E-state index contributed by atoms with van der Waals surface area (Å²) in [5, 5.41) is 19.1. The Morgan fingerprint density at radius 1 is 1.05 bits per heavy atom. The smallest absolute Gasteiger partial charge is 0.335 e. The predicted molar refractivity (Wildman–Crippen MR) is 78.9 cm³/mol. The van der Waals surface area contributed by atoms with Gasteiger partial charge in [-0.1, -0.05) is 19.3 Å². The number of carbonyl (C=O) groups is 2. The molecule has 0 amide bonds. The van der Waals surface area contributed by atoms with Crippen LogP contribution in [0, 0.1) is 0 Å². The second-order valence-corrected chi connectivity index (χ2v) is 5.51. The normalized spacial score (nSPS) is 16.8. The van der Waals surface area contributed by atoms with Crippen LogP contribution in [0.5, 0.6) is 11.5 Å². The molecular formula is C16H20O6. The van der Waals surface area contributed by atoms with Crippen LogP contribution in [0.25, 0.3) is 0 Å². The van der Waals surface area contributed by atoms with E-state index in [4.69, 9.17) is 9.47 Å². The van der Waals surface area contributed by atoms with Crippen LogP contribution in [0.1, 0.15) is 48.0 Å². The molecule has 120 valence electrons. The molecule has 22 heavy (non-hydrogen) atoms. The van der Waals surface area contributed by atoms with E-state index in [1.54, 1.807) is 0 Å². The summed E-state index contributed by atoms with van der Waals surface area (Å²) in [7, 11) is 2.84. The highest BCUT2D eigenvalue weighted by Crippen LogP contribution is 2.47. The Labute approximate surface area is 128 Å². The molecule has 2 N–H and O–H groups in total. The second-order valence-electron chi connectivity index (χ2n) is 5.51. The average molecular weight is 308 g/mol. The summed E-state index contributed by atoms with van der Waals surface area (Å²) >= 11 is 0. The van der Waals surface area contributed by atoms with Crippen LogP contribution in [0.15, 0.2) is 12.1 Å². The molecule has 6 nitrogen and oxygen atoms in total. The minimum Gasteiger partial charge on any atom is -0.493 e. The van der Waals surface area contributed by atoms with Gasteiger partial charge in [0.1, 0.15) is 0 Å². The van der Waals surface area contributed by atoms with Crippen molar-refractivity contribution in [1.29, 1.82) is 0 Å². The SMILES string of the molecule is COc1cc(C(=O)O)cc(C2(C(=O)O)CCCCC2)c1OC. The van der Waals surface area contributed by atoms with E-state index >= 15 is 0 Å². The van der Waals surface area contributed by atoms with Crippen molar-refractivity contribution in [3.05, 3.63) is 23.3 Å². The summed E-state index contributed by atoms with van der Waals surface area (Å²) < 4.78 is 10.6. The van der Waals surface area contributed by atoms with Gasteiger partial charge in [0, 0.05) is 5.56 Å². The largest absolute Gasteiger partial charge is 0.493 e. The summed E-state index contributed by atoms with van der Waals surface area (Å²) in [6.45, 7) is 0. The maximum Gasteiger partial charge on any atom is 0.335 e. The molecule has 1 saturated carbocycles. The van der Waals surface area contributed by atoms with Crippen molar-refractivity contribution in [2.75, 3.05) is 14.2 Å². The highest BCUT2D eigenvalue weighted by molar-refractivity contribution is 5.91. The first-order valence-electron chi connectivity index (χ1n) is 7.19. The van der Waals surface area contributed by atoms with Crippen molar-refractivity contribution in [2.45, 2.75) is 37.5 Å². The van der Waals surface area contributed by atoms with E-state index in [9.17, 15) is 19.8 Å². The van der Waals surface area contributed by atoms with Crippen LogP contribution in [-0.4, -0.2) is 36.4 Å². The van der Waals surface area contributed by atoms with Crippen molar-refractivity contribution < 1.29 is 29.3 Å². The highest BCUT2D eigenvalue weighted by Gasteiger charge is 2.44. The molecule has 0 aliphatic heterocycles. The van der Waals surface area contributed by atoms with Gasteiger partial charge in [-0.05, 0) is 25.0 Å². The molecule has 1 aliphatic carbocycles. The van der Waals surface area contributed by atoms with Gasteiger partial charge in [0.2, 0.25) is 0 Å². The van der Waals surface area contributed by atoms with Crippen molar-refractivity contribution in [3.8, 4) is 11.5 Å². The average Bonchev–Trinajstić information content (AvgIpc) is 2.53. The number of aromatic carboxylic acids is 1. The van der Waals surface area contributed by atoms with Gasteiger partial charge in [-0.2, -0.15) is 0 Å². The first kappa shape index (κ1) is 16.1. The van der Waals surface area contributed by atoms with E-state index in [0.717, 1.165) is 19.3 Å². The van der Waals surface area contributed by atoms with Crippen LogP contribution in [0.4, 0.5) is 0 Å². The molecule has 1 aliphatic rings. The van der Waals surface area contributed by atoms with Gasteiger partial charge in [0.15, 0.2) is 11.5 Å². The fourth-order valence-corrected chi connectivity index (χ4v) is 3.20. The fourth-order valence-electron chi connectivity index (χ4n) is 3.20. The number of hydrogen-bond donors (Lipinski definition) is 2. The molecule has 0 heterocycles. The lowest BCUT2D eigenvalue weighted by Crippen LogP contribution is -2.38. The number of benzene rings is 1. The van der Waals surface area contributed by atoms with E-state index in [1.807, 2.05) is 0 Å². The number of hydrogen-bond acceptors (Lipinski definition) is 4. The van der Waals surface area contributed by atoms with Crippen LogP contribution in [-0.2, 0) is 10.2 Å². The summed E-state index contributed by atoms with van der Waals surface area (Å²) in [6.07, 6.45) is 3.48. The molecule has 1 aromatic carbocycles. The number of rotatable bonds is 5. The molecule has 1 fully saturated rings. The summed E-state index contributed by atoms with van der Waals surface area (Å²) in [5.41, 5.74) is -0.736. The molecule has 0 saturated heterocycles. The predicted octanol–water partition coefficient (Wildman–Crippen LogP) is 2.69. The zero-order chi connectivity index (χ0) is 16.3. The summed E-state index contributed by atoms with van der Waals surface area (Å²) in [4.78, 5) is 23.3. The first-order valence-corrected chi connectivity index (χ1v) is 7.19. The molecule has 0 atom stereocenters. The Morgan fingerprint density at radius 3 is 2.14 bits per heavy atom. The van der Waals surface area contributed by atoms with E-state index in [0.29, 0.717) is 24.2 Å². The lowest BCUT2D eigenvalue weighted by molar-refractivity contribution is -0.145. The monoisotopic (exact) mass is 308 g/mol. The lowest BCUT2D eigenvalue weighted by Gasteiger charge is -2.35. The maximum atomic E-state index is 12.0. The number of carboxylic acids is 2. The molecular weight excluding hydrogens is 288 g/mol. The van der Waals surface area contributed by atoms with Crippen molar-refractivity contribution in [2.24, 2.45) is 0 Å². The number of carboxylic acid groups (broad SMARTS) is 2. The Kier molecular flexibility index (Phi) is 4.59. The number of aliphatic carboxylic acids is 1. The molecule has 0 radical (unpaired) electrons.